The molecule has 1 amide bonds. The van der Waals surface area contributed by atoms with Crippen LogP contribution in [0.4, 0.5) is 10.1 Å². The predicted octanol–water partition coefficient (Wildman–Crippen LogP) is 5.16. The van der Waals surface area contributed by atoms with Crippen molar-refractivity contribution in [3.63, 3.8) is 0 Å². The maximum Gasteiger partial charge on any atom is 0.253 e. The van der Waals surface area contributed by atoms with Crippen LogP contribution in [0.25, 0.3) is 0 Å². The molecule has 31 heavy (non-hydrogen) atoms. The average molecular weight is 447 g/mol. The Bertz CT molecular complexity index is 876. The Kier molecular flexibility index (Phi) is 8.29. The minimum atomic E-state index is -0.400. The molecule has 1 aliphatic heterocycles. The second-order valence-electron chi connectivity index (χ2n) is 8.24. The van der Waals surface area contributed by atoms with Crippen LogP contribution >= 0.6 is 11.6 Å². The molecule has 1 aliphatic rings. The first-order valence-electron chi connectivity index (χ1n) is 11.0. The molecule has 1 saturated heterocycles. The number of hydrogen-bond donors (Lipinski definition) is 2. The third-order valence-electron chi connectivity index (χ3n) is 5.70. The Hall–Kier alpha value is -2.15. The molecule has 2 N–H and O–H groups in total. The van der Waals surface area contributed by atoms with Gasteiger partial charge in [0.1, 0.15) is 11.9 Å². The number of hydrazine groups is 2. The van der Waals surface area contributed by atoms with Crippen molar-refractivity contribution in [2.24, 2.45) is 0 Å². The summed E-state index contributed by atoms with van der Waals surface area (Å²) in [5.41, 5.74) is 9.27. The maximum atomic E-state index is 13.5. The molecule has 7 heteroatoms. The van der Waals surface area contributed by atoms with Crippen molar-refractivity contribution >= 4 is 23.2 Å². The molecule has 2 aromatic rings. The summed E-state index contributed by atoms with van der Waals surface area (Å²) >= 11 is 6.14. The molecule has 2 atom stereocenters. The van der Waals surface area contributed by atoms with E-state index >= 15 is 0 Å². The van der Waals surface area contributed by atoms with Crippen LogP contribution in [0.1, 0.15) is 56.2 Å². The van der Waals surface area contributed by atoms with E-state index in [0.29, 0.717) is 11.4 Å². The number of nitrogens with one attached hydrogen (secondary N) is 2. The van der Waals surface area contributed by atoms with E-state index in [1.165, 1.54) is 25.0 Å². The zero-order valence-electron chi connectivity index (χ0n) is 18.5. The summed E-state index contributed by atoms with van der Waals surface area (Å²) in [7, 11) is 1.90. The molecule has 0 aromatic heterocycles. The summed E-state index contributed by atoms with van der Waals surface area (Å²) in [4.78, 5) is 13.0. The van der Waals surface area contributed by atoms with Gasteiger partial charge in [-0.05, 0) is 61.2 Å². The molecular formula is C24H32ClFN4O. The molecule has 5 nitrogen and oxygen atoms in total. The average Bonchev–Trinajstić information content (AvgIpc) is 3.17. The molecule has 1 heterocycles. The van der Waals surface area contributed by atoms with E-state index in [2.05, 4.69) is 17.8 Å². The number of halogens is 2. The van der Waals surface area contributed by atoms with E-state index in [1.807, 2.05) is 42.2 Å². The summed E-state index contributed by atoms with van der Waals surface area (Å²) in [6.45, 7) is 4.99. The van der Waals surface area contributed by atoms with Gasteiger partial charge in [-0.3, -0.25) is 15.2 Å². The minimum Gasteiger partial charge on any atom is -0.300 e. The number of hydrogen-bond acceptors (Lipinski definition) is 4. The lowest BCUT2D eigenvalue weighted by atomic mass is 10.00. The molecule has 0 radical (unpaired) electrons. The van der Waals surface area contributed by atoms with Crippen LogP contribution in [0.15, 0.2) is 42.5 Å². The summed E-state index contributed by atoms with van der Waals surface area (Å²) in [6, 6.07) is 11.7. The van der Waals surface area contributed by atoms with E-state index in [4.69, 9.17) is 11.6 Å². The molecule has 2 unspecified atom stereocenters. The summed E-state index contributed by atoms with van der Waals surface area (Å²) in [5.74, 6) is -0.345. The number of rotatable bonds is 9. The standard InChI is InChI=1S/C24H32ClFN4O/c1-4-5-6-7-14-29(3)28-24(31)21-16-23(18-8-11-20(26)12-9-18)30(27-21)22-13-10-19(25)15-17(22)2/h8-13,15,21,23,27H,4-7,14,16H2,1-3H3,(H,28,31). The molecule has 1 fully saturated rings. The molecule has 168 valence electrons. The van der Waals surface area contributed by atoms with Gasteiger partial charge in [0.2, 0.25) is 0 Å². The Morgan fingerprint density at radius 3 is 2.65 bits per heavy atom. The fourth-order valence-electron chi connectivity index (χ4n) is 4.00. The maximum absolute atomic E-state index is 13.5. The fourth-order valence-corrected chi connectivity index (χ4v) is 4.23. The van der Waals surface area contributed by atoms with Crippen LogP contribution in [-0.4, -0.2) is 30.6 Å². The van der Waals surface area contributed by atoms with Crippen molar-refractivity contribution in [3.8, 4) is 0 Å². The van der Waals surface area contributed by atoms with Gasteiger partial charge in [0.05, 0.1) is 11.7 Å². The number of carbonyl (C=O) groups excluding carboxylic acids is 1. The SMILES string of the molecule is CCCCCCN(C)NC(=O)C1CC(c2ccc(F)cc2)N(c2ccc(Cl)cc2C)N1. The number of carbonyl (C=O) groups is 1. The highest BCUT2D eigenvalue weighted by Crippen LogP contribution is 2.36. The molecular weight excluding hydrogens is 415 g/mol. The van der Waals surface area contributed by atoms with Crippen LogP contribution in [0.2, 0.25) is 5.02 Å². The van der Waals surface area contributed by atoms with Crippen molar-refractivity contribution in [2.75, 3.05) is 18.6 Å². The van der Waals surface area contributed by atoms with Gasteiger partial charge in [-0.15, -0.1) is 0 Å². The number of nitrogens with zero attached hydrogens (tertiary/aromatic N) is 2. The predicted molar refractivity (Wildman–Crippen MR) is 124 cm³/mol. The topological polar surface area (TPSA) is 47.6 Å². The van der Waals surface area contributed by atoms with Crippen molar-refractivity contribution in [3.05, 3.63) is 64.4 Å². The van der Waals surface area contributed by atoms with Gasteiger partial charge in [-0.2, -0.15) is 0 Å². The second kappa shape index (κ2) is 10.9. The number of benzene rings is 2. The lowest BCUT2D eigenvalue weighted by Crippen LogP contribution is -2.50. The third kappa shape index (κ3) is 6.19. The van der Waals surface area contributed by atoms with E-state index in [0.717, 1.165) is 36.2 Å². The van der Waals surface area contributed by atoms with Crippen LogP contribution in [0.3, 0.4) is 0 Å². The van der Waals surface area contributed by atoms with Gasteiger partial charge in [-0.1, -0.05) is 49.9 Å². The monoisotopic (exact) mass is 446 g/mol. The largest absolute Gasteiger partial charge is 0.300 e. The number of aryl methyl sites for hydroxylation is 1. The van der Waals surface area contributed by atoms with Crippen LogP contribution < -0.4 is 15.9 Å². The lowest BCUT2D eigenvalue weighted by molar-refractivity contribution is -0.127. The molecule has 0 bridgehead atoms. The molecule has 0 spiro atoms. The minimum absolute atomic E-state index is 0.0702. The van der Waals surface area contributed by atoms with Crippen LogP contribution in [0, 0.1) is 12.7 Å². The zero-order valence-corrected chi connectivity index (χ0v) is 19.3. The number of unbranched alkanes of at least 4 members (excludes halogenated alkanes) is 3. The lowest BCUT2D eigenvalue weighted by Gasteiger charge is -2.28. The Balaban J connectivity index is 1.74. The van der Waals surface area contributed by atoms with E-state index in [9.17, 15) is 9.18 Å². The first-order chi connectivity index (χ1) is 14.9. The van der Waals surface area contributed by atoms with Crippen molar-refractivity contribution in [1.29, 1.82) is 0 Å². The van der Waals surface area contributed by atoms with Gasteiger partial charge in [0, 0.05) is 18.6 Å². The summed E-state index contributed by atoms with van der Waals surface area (Å²) in [6.07, 6.45) is 5.18. The Morgan fingerprint density at radius 1 is 1.23 bits per heavy atom. The van der Waals surface area contributed by atoms with E-state index < -0.39 is 6.04 Å². The van der Waals surface area contributed by atoms with Crippen molar-refractivity contribution in [1.82, 2.24) is 15.9 Å². The van der Waals surface area contributed by atoms with E-state index in [-0.39, 0.29) is 17.8 Å². The van der Waals surface area contributed by atoms with Crippen LogP contribution in [-0.2, 0) is 4.79 Å². The first kappa shape index (κ1) is 23.5. The van der Waals surface area contributed by atoms with Crippen LogP contribution in [0.5, 0.6) is 0 Å². The number of amides is 1. The van der Waals surface area contributed by atoms with Gasteiger partial charge in [0.25, 0.3) is 5.91 Å². The van der Waals surface area contributed by atoms with Crippen molar-refractivity contribution < 1.29 is 9.18 Å². The molecule has 0 saturated carbocycles. The Morgan fingerprint density at radius 2 is 1.97 bits per heavy atom. The summed E-state index contributed by atoms with van der Waals surface area (Å²) < 4.78 is 13.5. The third-order valence-corrected chi connectivity index (χ3v) is 5.94. The normalized spacial score (nSPS) is 18.6. The van der Waals surface area contributed by atoms with Gasteiger partial charge in [-0.25, -0.2) is 14.8 Å². The second-order valence-corrected chi connectivity index (χ2v) is 8.68. The van der Waals surface area contributed by atoms with Gasteiger partial charge in [0.15, 0.2) is 0 Å². The van der Waals surface area contributed by atoms with Crippen molar-refractivity contribution in [2.45, 2.75) is 58.0 Å². The fraction of sp³-hybridized carbons (Fsp3) is 0.458. The van der Waals surface area contributed by atoms with Gasteiger partial charge < -0.3 is 0 Å². The molecule has 3 rings (SSSR count). The molecule has 2 aromatic carbocycles. The van der Waals surface area contributed by atoms with E-state index in [1.54, 1.807) is 12.1 Å². The Labute approximate surface area is 189 Å². The zero-order chi connectivity index (χ0) is 22.4. The summed E-state index contributed by atoms with van der Waals surface area (Å²) in [5, 5.41) is 4.53. The highest BCUT2D eigenvalue weighted by atomic mass is 35.5. The smallest absolute Gasteiger partial charge is 0.253 e. The van der Waals surface area contributed by atoms with Gasteiger partial charge >= 0.3 is 0 Å². The quantitative estimate of drug-likeness (QED) is 0.413. The number of anilines is 1. The highest BCUT2D eigenvalue weighted by molar-refractivity contribution is 6.30. The first-order valence-corrected chi connectivity index (χ1v) is 11.4. The molecule has 0 aliphatic carbocycles. The highest BCUT2D eigenvalue weighted by Gasteiger charge is 2.37.